The molecule has 0 bridgehead atoms. The molecule has 16 heavy (non-hydrogen) atoms. The SMILES string of the molecule is CCCCN(CC(C)=NO)Cc1ccco1. The molecular weight excluding hydrogens is 204 g/mol. The molecule has 0 aliphatic carbocycles. The summed E-state index contributed by atoms with van der Waals surface area (Å²) in [4.78, 5) is 2.22. The van der Waals surface area contributed by atoms with Crippen molar-refractivity contribution in [3.8, 4) is 0 Å². The van der Waals surface area contributed by atoms with Gasteiger partial charge in [-0.3, -0.25) is 4.90 Å². The molecule has 0 radical (unpaired) electrons. The van der Waals surface area contributed by atoms with Crippen LogP contribution in [0.15, 0.2) is 28.0 Å². The van der Waals surface area contributed by atoms with Gasteiger partial charge < -0.3 is 9.62 Å². The first-order valence-corrected chi connectivity index (χ1v) is 5.68. The predicted octanol–water partition coefficient (Wildman–Crippen LogP) is 2.73. The Kier molecular flexibility index (Phi) is 5.64. The van der Waals surface area contributed by atoms with Crippen LogP contribution in [-0.2, 0) is 6.54 Å². The topological polar surface area (TPSA) is 49.0 Å². The van der Waals surface area contributed by atoms with Gasteiger partial charge in [0.2, 0.25) is 0 Å². The number of oxime groups is 1. The number of unbranched alkanes of at least 4 members (excludes halogenated alkanes) is 1. The lowest BCUT2D eigenvalue weighted by Gasteiger charge is -2.20. The van der Waals surface area contributed by atoms with Crippen LogP contribution in [0.5, 0.6) is 0 Å². The molecule has 0 aliphatic heterocycles. The minimum atomic E-state index is 0.678. The second-order valence-corrected chi connectivity index (χ2v) is 3.98. The highest BCUT2D eigenvalue weighted by atomic mass is 16.4. The number of furan rings is 1. The first kappa shape index (κ1) is 12.8. The Hall–Kier alpha value is -1.29. The Morgan fingerprint density at radius 2 is 2.38 bits per heavy atom. The Morgan fingerprint density at radius 1 is 1.56 bits per heavy atom. The van der Waals surface area contributed by atoms with Crippen LogP contribution >= 0.6 is 0 Å². The molecule has 0 saturated heterocycles. The third-order valence-corrected chi connectivity index (χ3v) is 2.41. The van der Waals surface area contributed by atoms with Crippen molar-refractivity contribution in [2.75, 3.05) is 13.1 Å². The van der Waals surface area contributed by atoms with E-state index in [1.165, 1.54) is 0 Å². The Labute approximate surface area is 96.5 Å². The monoisotopic (exact) mass is 224 g/mol. The molecule has 0 fully saturated rings. The molecule has 0 aromatic carbocycles. The van der Waals surface area contributed by atoms with E-state index >= 15 is 0 Å². The van der Waals surface area contributed by atoms with Crippen LogP contribution in [0.2, 0.25) is 0 Å². The van der Waals surface area contributed by atoms with Crippen molar-refractivity contribution in [3.63, 3.8) is 0 Å². The molecule has 4 heteroatoms. The van der Waals surface area contributed by atoms with Crippen LogP contribution in [0.25, 0.3) is 0 Å². The molecule has 0 amide bonds. The van der Waals surface area contributed by atoms with Gasteiger partial charge in [-0.15, -0.1) is 0 Å². The van der Waals surface area contributed by atoms with Crippen LogP contribution in [0.1, 0.15) is 32.4 Å². The fraction of sp³-hybridized carbons (Fsp3) is 0.583. The summed E-state index contributed by atoms with van der Waals surface area (Å²) in [5, 5.41) is 11.9. The van der Waals surface area contributed by atoms with Crippen molar-refractivity contribution in [2.45, 2.75) is 33.2 Å². The Balaban J connectivity index is 2.49. The maximum atomic E-state index is 8.67. The maximum absolute atomic E-state index is 8.67. The van der Waals surface area contributed by atoms with Gasteiger partial charge in [0.25, 0.3) is 0 Å². The highest BCUT2D eigenvalue weighted by molar-refractivity contribution is 5.83. The number of hydrogen-bond acceptors (Lipinski definition) is 4. The first-order valence-electron chi connectivity index (χ1n) is 5.68. The van der Waals surface area contributed by atoms with E-state index in [0.717, 1.165) is 37.4 Å². The van der Waals surface area contributed by atoms with Gasteiger partial charge in [-0.2, -0.15) is 0 Å². The molecular formula is C12H20N2O2. The minimum Gasteiger partial charge on any atom is -0.468 e. The van der Waals surface area contributed by atoms with Crippen molar-refractivity contribution in [1.82, 2.24) is 4.90 Å². The largest absolute Gasteiger partial charge is 0.468 e. The fourth-order valence-electron chi connectivity index (χ4n) is 1.57. The molecule has 0 spiro atoms. The molecule has 1 aromatic rings. The zero-order valence-corrected chi connectivity index (χ0v) is 10.0. The minimum absolute atomic E-state index is 0.678. The fourth-order valence-corrected chi connectivity index (χ4v) is 1.57. The molecule has 1 heterocycles. The van der Waals surface area contributed by atoms with Crippen molar-refractivity contribution in [2.24, 2.45) is 5.16 Å². The summed E-state index contributed by atoms with van der Waals surface area (Å²) >= 11 is 0. The summed E-state index contributed by atoms with van der Waals surface area (Å²) in [5.41, 5.74) is 0.725. The molecule has 0 unspecified atom stereocenters. The quantitative estimate of drug-likeness (QED) is 0.440. The second kappa shape index (κ2) is 7.06. The summed E-state index contributed by atoms with van der Waals surface area (Å²) in [7, 11) is 0. The molecule has 0 atom stereocenters. The summed E-state index contributed by atoms with van der Waals surface area (Å²) in [6, 6.07) is 3.85. The van der Waals surface area contributed by atoms with E-state index in [1.54, 1.807) is 6.26 Å². The van der Waals surface area contributed by atoms with Gasteiger partial charge in [0.1, 0.15) is 5.76 Å². The molecule has 4 nitrogen and oxygen atoms in total. The van der Waals surface area contributed by atoms with Crippen molar-refractivity contribution >= 4 is 5.71 Å². The number of rotatable bonds is 7. The zero-order valence-electron chi connectivity index (χ0n) is 10.0. The van der Waals surface area contributed by atoms with Crippen molar-refractivity contribution in [3.05, 3.63) is 24.2 Å². The van der Waals surface area contributed by atoms with E-state index in [4.69, 9.17) is 9.62 Å². The third-order valence-electron chi connectivity index (χ3n) is 2.41. The van der Waals surface area contributed by atoms with E-state index in [9.17, 15) is 0 Å². The highest BCUT2D eigenvalue weighted by Crippen LogP contribution is 2.06. The van der Waals surface area contributed by atoms with Gasteiger partial charge in [0.15, 0.2) is 0 Å². The highest BCUT2D eigenvalue weighted by Gasteiger charge is 2.08. The van der Waals surface area contributed by atoms with E-state index in [2.05, 4.69) is 17.0 Å². The number of nitrogens with zero attached hydrogens (tertiary/aromatic N) is 2. The summed E-state index contributed by atoms with van der Waals surface area (Å²) < 4.78 is 5.32. The van der Waals surface area contributed by atoms with Gasteiger partial charge in [-0.25, -0.2) is 0 Å². The van der Waals surface area contributed by atoms with E-state index in [0.29, 0.717) is 6.54 Å². The lowest BCUT2D eigenvalue weighted by Crippen LogP contribution is -2.29. The van der Waals surface area contributed by atoms with Gasteiger partial charge in [0, 0.05) is 6.54 Å². The molecule has 1 N–H and O–H groups in total. The van der Waals surface area contributed by atoms with Crippen molar-refractivity contribution < 1.29 is 9.62 Å². The third kappa shape index (κ3) is 4.49. The zero-order chi connectivity index (χ0) is 11.8. The van der Waals surface area contributed by atoms with Gasteiger partial charge in [-0.1, -0.05) is 18.5 Å². The first-order chi connectivity index (χ1) is 7.76. The van der Waals surface area contributed by atoms with Crippen LogP contribution in [0.3, 0.4) is 0 Å². The van der Waals surface area contributed by atoms with Gasteiger partial charge in [-0.05, 0) is 32.0 Å². The normalized spacial score (nSPS) is 12.3. The Morgan fingerprint density at radius 3 is 2.94 bits per heavy atom. The summed E-state index contributed by atoms with van der Waals surface area (Å²) in [5.74, 6) is 0.946. The average molecular weight is 224 g/mol. The lowest BCUT2D eigenvalue weighted by atomic mass is 10.2. The molecule has 90 valence electrons. The van der Waals surface area contributed by atoms with Gasteiger partial charge in [0.05, 0.1) is 18.5 Å². The second-order valence-electron chi connectivity index (χ2n) is 3.98. The predicted molar refractivity (Wildman–Crippen MR) is 63.8 cm³/mol. The smallest absolute Gasteiger partial charge is 0.117 e. The number of hydrogen-bond donors (Lipinski definition) is 1. The standard InChI is InChI=1S/C12H20N2O2/c1-3-4-7-14(9-11(2)13-15)10-12-6-5-8-16-12/h5-6,8,15H,3-4,7,9-10H2,1-2H3. The lowest BCUT2D eigenvalue weighted by molar-refractivity contribution is 0.263. The van der Waals surface area contributed by atoms with Crippen LogP contribution in [0, 0.1) is 0 Å². The average Bonchev–Trinajstić information content (AvgIpc) is 2.78. The van der Waals surface area contributed by atoms with E-state index in [-0.39, 0.29) is 0 Å². The van der Waals surface area contributed by atoms with Crippen LogP contribution in [-0.4, -0.2) is 28.9 Å². The maximum Gasteiger partial charge on any atom is 0.117 e. The van der Waals surface area contributed by atoms with Crippen LogP contribution in [0.4, 0.5) is 0 Å². The molecule has 0 saturated carbocycles. The van der Waals surface area contributed by atoms with E-state index in [1.807, 2.05) is 19.1 Å². The Bertz CT molecular complexity index is 307. The summed E-state index contributed by atoms with van der Waals surface area (Å²) in [6.45, 7) is 6.42. The molecule has 1 rings (SSSR count). The molecule has 0 aliphatic rings. The summed E-state index contributed by atoms with van der Waals surface area (Å²) in [6.07, 6.45) is 3.98. The van der Waals surface area contributed by atoms with Crippen molar-refractivity contribution in [1.29, 1.82) is 0 Å². The van der Waals surface area contributed by atoms with Gasteiger partial charge >= 0.3 is 0 Å². The van der Waals surface area contributed by atoms with Crippen LogP contribution < -0.4 is 0 Å². The molecule has 1 aromatic heterocycles. The van der Waals surface area contributed by atoms with E-state index < -0.39 is 0 Å².